The number of rotatable bonds is 6. The summed E-state index contributed by atoms with van der Waals surface area (Å²) < 4.78 is 11.3. The van der Waals surface area contributed by atoms with Gasteiger partial charge in [-0.05, 0) is 44.2 Å². The zero-order valence-electron chi connectivity index (χ0n) is 21.8. The van der Waals surface area contributed by atoms with E-state index in [9.17, 15) is 14.4 Å². The highest BCUT2D eigenvalue weighted by Crippen LogP contribution is 2.33. The number of nitrogens with two attached hydrogens (primary N) is 2. The largest absolute Gasteiger partial charge is 0.398 e. The van der Waals surface area contributed by atoms with Crippen molar-refractivity contribution in [3.63, 3.8) is 0 Å². The molecule has 198 valence electrons. The van der Waals surface area contributed by atoms with Crippen molar-refractivity contribution in [2.75, 3.05) is 24.7 Å². The summed E-state index contributed by atoms with van der Waals surface area (Å²) in [7, 11) is 0. The number of hydrogen-bond donors (Lipinski definition) is 2. The van der Waals surface area contributed by atoms with Gasteiger partial charge in [0.2, 0.25) is 0 Å². The number of Topliss-reactive ketones (excluding diaryl/α,β-unsaturated/α-hetero) is 1. The van der Waals surface area contributed by atoms with Crippen LogP contribution in [0.2, 0.25) is 0 Å². The Bertz CT molecular complexity index is 1490. The third kappa shape index (κ3) is 6.29. The summed E-state index contributed by atoms with van der Waals surface area (Å²) in [6.07, 6.45) is 0. The lowest BCUT2D eigenvalue weighted by Crippen LogP contribution is -2.23. The normalized spacial score (nSPS) is 13.7. The fraction of sp³-hybridized carbons (Fsp3) is 0.156. The number of hydrogen-bond acceptors (Lipinski definition) is 7. The summed E-state index contributed by atoms with van der Waals surface area (Å²) in [5, 5.41) is 0. The van der Waals surface area contributed by atoms with Crippen molar-refractivity contribution >= 4 is 28.7 Å². The summed E-state index contributed by atoms with van der Waals surface area (Å²) in [6.45, 7) is 4.40. The van der Waals surface area contributed by atoms with Crippen molar-refractivity contribution < 1.29 is 23.9 Å². The molecule has 0 saturated carbocycles. The van der Waals surface area contributed by atoms with Gasteiger partial charge in [-0.15, -0.1) is 0 Å². The molecule has 0 atom stereocenters. The average Bonchev–Trinajstić information content (AvgIpc) is 3.41. The van der Waals surface area contributed by atoms with Gasteiger partial charge >= 0.3 is 0 Å². The maximum Gasteiger partial charge on any atom is 0.195 e. The number of ketones is 3. The molecule has 0 radical (unpaired) electrons. The molecule has 1 fully saturated rings. The minimum Gasteiger partial charge on any atom is -0.398 e. The lowest BCUT2D eigenvalue weighted by Gasteiger charge is -2.23. The SMILES string of the molecule is CC(=O)c1ccc(N)c(C(=O)c2ccccc2)c1.CC1(c2ccc(N)c(C(=O)c3ccccc3)c2)OCCO1. The van der Waals surface area contributed by atoms with E-state index in [2.05, 4.69) is 0 Å². The molecule has 39 heavy (non-hydrogen) atoms. The fourth-order valence-electron chi connectivity index (χ4n) is 4.18. The molecule has 0 unspecified atom stereocenters. The van der Waals surface area contributed by atoms with Gasteiger partial charge in [0.25, 0.3) is 0 Å². The van der Waals surface area contributed by atoms with Gasteiger partial charge in [-0.2, -0.15) is 0 Å². The molecule has 0 bridgehead atoms. The highest BCUT2D eigenvalue weighted by Gasteiger charge is 2.34. The van der Waals surface area contributed by atoms with Gasteiger partial charge in [0.1, 0.15) is 0 Å². The highest BCUT2D eigenvalue weighted by molar-refractivity contribution is 6.13. The zero-order valence-corrected chi connectivity index (χ0v) is 21.8. The fourth-order valence-corrected chi connectivity index (χ4v) is 4.18. The predicted octanol–water partition coefficient (Wildman–Crippen LogP) is 5.42. The molecule has 0 spiro atoms. The molecule has 1 saturated heterocycles. The van der Waals surface area contributed by atoms with E-state index >= 15 is 0 Å². The Morgan fingerprint density at radius 3 is 1.59 bits per heavy atom. The first-order valence-corrected chi connectivity index (χ1v) is 12.5. The van der Waals surface area contributed by atoms with Crippen LogP contribution in [0, 0.1) is 0 Å². The number of ether oxygens (including phenoxy) is 2. The molecule has 4 aromatic rings. The van der Waals surface area contributed by atoms with Crippen molar-refractivity contribution in [3.8, 4) is 0 Å². The van der Waals surface area contributed by atoms with Crippen LogP contribution in [0.1, 0.15) is 61.6 Å². The maximum absolute atomic E-state index is 12.6. The van der Waals surface area contributed by atoms with Crippen LogP contribution in [0.5, 0.6) is 0 Å². The Labute approximate surface area is 227 Å². The van der Waals surface area contributed by atoms with Gasteiger partial charge in [0.05, 0.1) is 13.2 Å². The summed E-state index contributed by atoms with van der Waals surface area (Å²) in [5.74, 6) is -1.16. The van der Waals surface area contributed by atoms with Gasteiger partial charge in [-0.1, -0.05) is 66.7 Å². The van der Waals surface area contributed by atoms with Crippen LogP contribution in [0.15, 0.2) is 97.1 Å². The number of nitrogen functional groups attached to an aromatic ring is 2. The number of anilines is 2. The minimum atomic E-state index is -0.806. The van der Waals surface area contributed by atoms with Crippen LogP contribution in [0.25, 0.3) is 0 Å². The summed E-state index contributed by atoms with van der Waals surface area (Å²) in [5.41, 5.74) is 15.9. The molecule has 7 nitrogen and oxygen atoms in total. The van der Waals surface area contributed by atoms with Crippen LogP contribution < -0.4 is 11.5 Å². The van der Waals surface area contributed by atoms with Crippen LogP contribution >= 0.6 is 0 Å². The van der Waals surface area contributed by atoms with Crippen molar-refractivity contribution in [2.24, 2.45) is 0 Å². The molecule has 5 rings (SSSR count). The predicted molar refractivity (Wildman–Crippen MR) is 151 cm³/mol. The Hall–Kier alpha value is -4.59. The molecule has 7 heteroatoms. The topological polar surface area (TPSA) is 122 Å². The van der Waals surface area contributed by atoms with E-state index in [-0.39, 0.29) is 17.3 Å². The van der Waals surface area contributed by atoms with Gasteiger partial charge in [0.15, 0.2) is 23.1 Å². The van der Waals surface area contributed by atoms with Crippen LogP contribution in [0.4, 0.5) is 11.4 Å². The van der Waals surface area contributed by atoms with E-state index in [0.29, 0.717) is 52.4 Å². The van der Waals surface area contributed by atoms with E-state index in [0.717, 1.165) is 5.56 Å². The molecule has 0 aromatic heterocycles. The molecule has 4 N–H and O–H groups in total. The second kappa shape index (κ2) is 11.9. The smallest absolute Gasteiger partial charge is 0.195 e. The molecular weight excluding hydrogens is 492 g/mol. The van der Waals surface area contributed by atoms with Crippen molar-refractivity contribution in [3.05, 3.63) is 130 Å². The van der Waals surface area contributed by atoms with Crippen molar-refractivity contribution in [1.29, 1.82) is 0 Å². The van der Waals surface area contributed by atoms with Crippen LogP contribution in [-0.4, -0.2) is 30.6 Å². The lowest BCUT2D eigenvalue weighted by molar-refractivity contribution is -0.149. The van der Waals surface area contributed by atoms with E-state index in [1.807, 2.05) is 37.3 Å². The Morgan fingerprint density at radius 1 is 0.641 bits per heavy atom. The Morgan fingerprint density at radius 2 is 1.10 bits per heavy atom. The standard InChI is InChI=1S/C17H17NO3.C15H13NO2/c1-17(20-9-10-21-17)13-7-8-15(18)14(11-13)16(19)12-5-3-2-4-6-12;1-10(17)12-7-8-14(16)13(9-12)15(18)11-5-3-2-4-6-11/h2-8,11H,9-10,18H2,1H3;2-9H,16H2,1H3. The lowest BCUT2D eigenvalue weighted by atomic mass is 9.97. The Balaban J connectivity index is 0.000000183. The van der Waals surface area contributed by atoms with Gasteiger partial charge < -0.3 is 20.9 Å². The van der Waals surface area contributed by atoms with Gasteiger partial charge in [-0.25, -0.2) is 0 Å². The number of benzene rings is 4. The third-order valence-corrected chi connectivity index (χ3v) is 6.44. The second-order valence-electron chi connectivity index (χ2n) is 9.19. The monoisotopic (exact) mass is 522 g/mol. The highest BCUT2D eigenvalue weighted by atomic mass is 16.7. The molecule has 1 aliphatic heterocycles. The maximum atomic E-state index is 12.6. The van der Waals surface area contributed by atoms with E-state index in [1.165, 1.54) is 6.92 Å². The van der Waals surface area contributed by atoms with E-state index in [4.69, 9.17) is 20.9 Å². The second-order valence-corrected chi connectivity index (χ2v) is 9.19. The summed E-state index contributed by atoms with van der Waals surface area (Å²) >= 11 is 0. The first-order valence-electron chi connectivity index (χ1n) is 12.5. The first kappa shape index (κ1) is 27.4. The molecule has 0 amide bonds. The minimum absolute atomic E-state index is 0.0860. The van der Waals surface area contributed by atoms with Crippen LogP contribution in [-0.2, 0) is 15.3 Å². The van der Waals surface area contributed by atoms with Crippen molar-refractivity contribution in [2.45, 2.75) is 19.6 Å². The molecule has 1 aliphatic rings. The average molecular weight is 523 g/mol. The molecule has 0 aliphatic carbocycles. The number of carbonyl (C=O) groups is 3. The summed E-state index contributed by atoms with van der Waals surface area (Å²) in [6, 6.07) is 28.0. The van der Waals surface area contributed by atoms with Gasteiger partial charge in [-0.3, -0.25) is 14.4 Å². The Kier molecular flexibility index (Phi) is 8.34. The van der Waals surface area contributed by atoms with Crippen LogP contribution in [0.3, 0.4) is 0 Å². The first-order chi connectivity index (χ1) is 18.7. The quantitative estimate of drug-likeness (QED) is 0.256. The van der Waals surface area contributed by atoms with E-state index < -0.39 is 5.79 Å². The molecular formula is C32H30N2O5. The zero-order chi connectivity index (χ0) is 28.0. The summed E-state index contributed by atoms with van der Waals surface area (Å²) in [4.78, 5) is 36.1. The third-order valence-electron chi connectivity index (χ3n) is 6.44. The van der Waals surface area contributed by atoms with Crippen molar-refractivity contribution in [1.82, 2.24) is 0 Å². The van der Waals surface area contributed by atoms with E-state index in [1.54, 1.807) is 66.7 Å². The molecule has 1 heterocycles. The van der Waals surface area contributed by atoms with Gasteiger partial charge in [0, 0.05) is 44.8 Å². The number of carbonyl (C=O) groups excluding carboxylic acids is 3. The molecule has 4 aromatic carbocycles.